The van der Waals surface area contributed by atoms with Crippen LogP contribution in [-0.2, 0) is 6.42 Å². The molecule has 4 aromatic rings. The first-order chi connectivity index (χ1) is 16.1. The Morgan fingerprint density at radius 1 is 0.939 bits per heavy atom. The Morgan fingerprint density at radius 2 is 1.70 bits per heavy atom. The SMILES string of the molecule is COc1ccc(CCNc2ncnc(Nc3cccc4ccccc34)c2[N+](=O)[O-])cc1OC. The average Bonchev–Trinajstić information content (AvgIpc) is 2.84. The lowest BCUT2D eigenvalue weighted by atomic mass is 10.1. The number of nitrogens with zero attached hydrogens (tertiary/aromatic N) is 3. The van der Waals surface area contributed by atoms with Crippen molar-refractivity contribution in [2.75, 3.05) is 31.4 Å². The molecule has 2 N–H and O–H groups in total. The minimum absolute atomic E-state index is 0.125. The lowest BCUT2D eigenvalue weighted by Gasteiger charge is -2.12. The van der Waals surface area contributed by atoms with Gasteiger partial charge in [-0.15, -0.1) is 0 Å². The van der Waals surface area contributed by atoms with E-state index in [4.69, 9.17) is 9.47 Å². The number of nitro groups is 1. The van der Waals surface area contributed by atoms with Crippen molar-refractivity contribution in [1.29, 1.82) is 0 Å². The summed E-state index contributed by atoms with van der Waals surface area (Å²) in [6.45, 7) is 0.432. The average molecular weight is 445 g/mol. The maximum atomic E-state index is 11.9. The number of aromatic nitrogens is 2. The summed E-state index contributed by atoms with van der Waals surface area (Å²) in [5, 5.41) is 20.0. The van der Waals surface area contributed by atoms with Gasteiger partial charge < -0.3 is 20.1 Å². The molecular formula is C24H23N5O4. The molecule has 4 rings (SSSR count). The first kappa shape index (κ1) is 21.8. The third-order valence-electron chi connectivity index (χ3n) is 5.20. The largest absolute Gasteiger partial charge is 0.493 e. The molecule has 0 aliphatic carbocycles. The summed E-state index contributed by atoms with van der Waals surface area (Å²) >= 11 is 0. The lowest BCUT2D eigenvalue weighted by Crippen LogP contribution is -2.11. The fourth-order valence-electron chi connectivity index (χ4n) is 3.60. The first-order valence-electron chi connectivity index (χ1n) is 10.3. The smallest absolute Gasteiger partial charge is 0.353 e. The summed E-state index contributed by atoms with van der Waals surface area (Å²) in [4.78, 5) is 19.7. The van der Waals surface area contributed by atoms with Crippen LogP contribution in [0, 0.1) is 10.1 Å². The molecule has 1 heterocycles. The van der Waals surface area contributed by atoms with Crippen molar-refractivity contribution in [3.63, 3.8) is 0 Å². The van der Waals surface area contributed by atoms with Crippen LogP contribution in [0.25, 0.3) is 10.8 Å². The standard InChI is InChI=1S/C24H23N5O4/c1-32-20-11-10-16(14-21(20)33-2)12-13-25-23-22(29(30)31)24(27-15-26-23)28-19-9-5-7-17-6-3-4-8-18(17)19/h3-11,14-15H,12-13H2,1-2H3,(H2,25,26,27,28). The molecule has 9 heteroatoms. The van der Waals surface area contributed by atoms with Crippen LogP contribution in [0.15, 0.2) is 67.0 Å². The summed E-state index contributed by atoms with van der Waals surface area (Å²) in [5.41, 5.74) is 1.51. The molecule has 168 valence electrons. The van der Waals surface area contributed by atoms with Gasteiger partial charge in [0.1, 0.15) is 6.33 Å². The van der Waals surface area contributed by atoms with E-state index in [2.05, 4.69) is 20.6 Å². The molecule has 0 aliphatic heterocycles. The molecule has 1 aromatic heterocycles. The Balaban J connectivity index is 1.55. The minimum atomic E-state index is -0.480. The third-order valence-corrected chi connectivity index (χ3v) is 5.20. The molecule has 3 aromatic carbocycles. The monoisotopic (exact) mass is 445 g/mol. The number of methoxy groups -OCH3 is 2. The summed E-state index contributed by atoms with van der Waals surface area (Å²) < 4.78 is 10.6. The molecule has 0 saturated carbocycles. The molecule has 0 aliphatic rings. The minimum Gasteiger partial charge on any atom is -0.493 e. The highest BCUT2D eigenvalue weighted by Crippen LogP contribution is 2.33. The molecule has 0 fully saturated rings. The number of nitrogens with one attached hydrogen (secondary N) is 2. The Morgan fingerprint density at radius 3 is 2.48 bits per heavy atom. The van der Waals surface area contributed by atoms with Crippen molar-refractivity contribution < 1.29 is 14.4 Å². The Bertz CT molecular complexity index is 1290. The van der Waals surface area contributed by atoms with E-state index in [0.717, 1.165) is 22.0 Å². The molecule has 33 heavy (non-hydrogen) atoms. The lowest BCUT2D eigenvalue weighted by molar-refractivity contribution is -0.383. The normalized spacial score (nSPS) is 10.6. The van der Waals surface area contributed by atoms with Crippen LogP contribution < -0.4 is 20.1 Å². The van der Waals surface area contributed by atoms with Gasteiger partial charge in [-0.05, 0) is 35.6 Å². The first-order valence-corrected chi connectivity index (χ1v) is 10.3. The fraction of sp³-hybridized carbons (Fsp3) is 0.167. The van der Waals surface area contributed by atoms with Gasteiger partial charge in [0.25, 0.3) is 0 Å². The number of ether oxygens (including phenoxy) is 2. The summed E-state index contributed by atoms with van der Waals surface area (Å²) in [6.07, 6.45) is 1.91. The maximum Gasteiger partial charge on any atom is 0.353 e. The summed E-state index contributed by atoms with van der Waals surface area (Å²) in [6, 6.07) is 19.2. The fourth-order valence-corrected chi connectivity index (χ4v) is 3.60. The third kappa shape index (κ3) is 4.77. The molecule has 0 atom stereocenters. The van der Waals surface area contributed by atoms with Crippen LogP contribution in [-0.4, -0.2) is 35.7 Å². The molecule has 0 bridgehead atoms. The molecule has 9 nitrogen and oxygen atoms in total. The second kappa shape index (κ2) is 9.82. The predicted octanol–water partition coefficient (Wildman–Crippen LogP) is 4.95. The number of rotatable bonds is 9. The zero-order chi connectivity index (χ0) is 23.2. The Kier molecular flexibility index (Phi) is 6.49. The van der Waals surface area contributed by atoms with E-state index >= 15 is 0 Å². The van der Waals surface area contributed by atoms with Gasteiger partial charge >= 0.3 is 5.69 Å². The topological polar surface area (TPSA) is 111 Å². The Hall–Kier alpha value is -4.40. The highest BCUT2D eigenvalue weighted by Gasteiger charge is 2.23. The van der Waals surface area contributed by atoms with Crippen molar-refractivity contribution in [2.45, 2.75) is 6.42 Å². The van der Waals surface area contributed by atoms with Crippen LogP contribution in [0.4, 0.5) is 23.0 Å². The zero-order valence-corrected chi connectivity index (χ0v) is 18.2. The van der Waals surface area contributed by atoms with Crippen molar-refractivity contribution in [2.24, 2.45) is 0 Å². The second-order valence-electron chi connectivity index (χ2n) is 7.19. The van der Waals surface area contributed by atoms with Crippen molar-refractivity contribution >= 4 is 33.8 Å². The van der Waals surface area contributed by atoms with Crippen LogP contribution in [0.5, 0.6) is 11.5 Å². The van der Waals surface area contributed by atoms with Crippen molar-refractivity contribution in [3.05, 3.63) is 82.7 Å². The van der Waals surface area contributed by atoms with Crippen molar-refractivity contribution in [3.8, 4) is 11.5 Å². The highest BCUT2D eigenvalue weighted by atomic mass is 16.6. The molecule has 0 amide bonds. The maximum absolute atomic E-state index is 11.9. The number of hydrogen-bond donors (Lipinski definition) is 2. The van der Waals surface area contributed by atoms with Gasteiger partial charge in [-0.3, -0.25) is 10.1 Å². The quantitative estimate of drug-likeness (QED) is 0.275. The second-order valence-corrected chi connectivity index (χ2v) is 7.19. The zero-order valence-electron chi connectivity index (χ0n) is 18.2. The van der Waals surface area contributed by atoms with Gasteiger partial charge in [0.05, 0.1) is 19.1 Å². The van der Waals surface area contributed by atoms with Crippen molar-refractivity contribution in [1.82, 2.24) is 9.97 Å². The van der Waals surface area contributed by atoms with E-state index in [1.165, 1.54) is 6.33 Å². The molecular weight excluding hydrogens is 422 g/mol. The Labute approximate surface area is 190 Å². The predicted molar refractivity (Wildman–Crippen MR) is 128 cm³/mol. The highest BCUT2D eigenvalue weighted by molar-refractivity contribution is 5.96. The van der Waals surface area contributed by atoms with Crippen LogP contribution >= 0.6 is 0 Å². The summed E-state index contributed by atoms with van der Waals surface area (Å²) in [5.74, 6) is 1.55. The van der Waals surface area contributed by atoms with Gasteiger partial charge in [-0.2, -0.15) is 0 Å². The van der Waals surface area contributed by atoms with E-state index in [0.29, 0.717) is 24.5 Å². The molecule has 0 unspecified atom stereocenters. The van der Waals surface area contributed by atoms with E-state index in [1.54, 1.807) is 14.2 Å². The summed E-state index contributed by atoms with van der Waals surface area (Å²) in [7, 11) is 3.16. The number of anilines is 3. The van der Waals surface area contributed by atoms with E-state index in [9.17, 15) is 10.1 Å². The van der Waals surface area contributed by atoms with Gasteiger partial charge in [0.15, 0.2) is 11.5 Å². The van der Waals surface area contributed by atoms with Gasteiger partial charge in [0.2, 0.25) is 11.6 Å². The van der Waals surface area contributed by atoms with E-state index in [1.807, 2.05) is 60.7 Å². The van der Waals surface area contributed by atoms with Crippen LogP contribution in [0.1, 0.15) is 5.56 Å². The van der Waals surface area contributed by atoms with Gasteiger partial charge in [0, 0.05) is 17.6 Å². The number of hydrogen-bond acceptors (Lipinski definition) is 8. The molecule has 0 saturated heterocycles. The van der Waals surface area contributed by atoms with Gasteiger partial charge in [-0.25, -0.2) is 9.97 Å². The van der Waals surface area contributed by atoms with E-state index in [-0.39, 0.29) is 17.3 Å². The molecule has 0 radical (unpaired) electrons. The number of benzene rings is 3. The van der Waals surface area contributed by atoms with E-state index < -0.39 is 4.92 Å². The van der Waals surface area contributed by atoms with Gasteiger partial charge in [-0.1, -0.05) is 42.5 Å². The van der Waals surface area contributed by atoms with Crippen LogP contribution in [0.2, 0.25) is 0 Å². The number of fused-ring (bicyclic) bond motifs is 1. The molecule has 0 spiro atoms. The van der Waals surface area contributed by atoms with Crippen LogP contribution in [0.3, 0.4) is 0 Å².